The maximum atomic E-state index is 13.4. The smallest absolute Gasteiger partial charge is 0.419 e. The minimum absolute atomic E-state index is 0.126. The monoisotopic (exact) mass is 616 g/mol. The molecule has 1 fully saturated rings. The van der Waals surface area contributed by atoms with Crippen LogP contribution in [0.1, 0.15) is 68.3 Å². The average molecular weight is 617 g/mol. The molecule has 0 radical (unpaired) electrons. The van der Waals surface area contributed by atoms with Gasteiger partial charge in [-0.05, 0) is 79.6 Å². The Labute approximate surface area is 250 Å². The van der Waals surface area contributed by atoms with Gasteiger partial charge in [0.15, 0.2) is 6.29 Å². The van der Waals surface area contributed by atoms with Gasteiger partial charge in [-0.15, -0.1) is 11.3 Å². The predicted octanol–water partition coefficient (Wildman–Crippen LogP) is 8.19. The minimum atomic E-state index is -4.84. The van der Waals surface area contributed by atoms with E-state index in [1.54, 1.807) is 14.2 Å². The molecule has 2 atom stereocenters. The zero-order chi connectivity index (χ0) is 31.3. The number of aliphatic hydroxyl groups is 1. The lowest BCUT2D eigenvalue weighted by Crippen LogP contribution is -2.18. The highest BCUT2D eigenvalue weighted by molar-refractivity contribution is 7.21. The van der Waals surface area contributed by atoms with Gasteiger partial charge >= 0.3 is 6.18 Å². The van der Waals surface area contributed by atoms with Crippen LogP contribution in [0, 0.1) is 12.7 Å². The van der Waals surface area contributed by atoms with Crippen molar-refractivity contribution in [3.63, 3.8) is 0 Å². The van der Waals surface area contributed by atoms with Crippen molar-refractivity contribution in [3.8, 4) is 5.75 Å². The number of methoxy groups -OCH3 is 1. The lowest BCUT2D eigenvalue weighted by molar-refractivity contribution is -0.139. The van der Waals surface area contributed by atoms with Gasteiger partial charge in [0.1, 0.15) is 16.4 Å². The van der Waals surface area contributed by atoms with Gasteiger partial charge in [-0.25, -0.2) is 4.39 Å². The first-order chi connectivity index (χ1) is 20.4. The summed E-state index contributed by atoms with van der Waals surface area (Å²) in [6.45, 7) is 1.93. The first-order valence-corrected chi connectivity index (χ1v) is 14.5. The molecule has 1 aliphatic carbocycles. The topological polar surface area (TPSA) is 87.7 Å². The van der Waals surface area contributed by atoms with Crippen LogP contribution in [-0.4, -0.2) is 37.6 Å². The highest BCUT2D eigenvalue weighted by Crippen LogP contribution is 2.38. The molecule has 1 aliphatic rings. The summed E-state index contributed by atoms with van der Waals surface area (Å²) in [4.78, 5) is 23.9. The number of ether oxygens (including phenoxy) is 1. The Morgan fingerprint density at radius 3 is 2.51 bits per heavy atom. The molecular weight excluding hydrogens is 584 g/mol. The number of aliphatic hydroxyl groups excluding tert-OH is 1. The Kier molecular flexibility index (Phi) is 10.1. The minimum Gasteiger partial charge on any atom is -0.496 e. The van der Waals surface area contributed by atoms with Crippen LogP contribution in [-0.2, 0) is 6.18 Å². The summed E-state index contributed by atoms with van der Waals surface area (Å²) in [5, 5.41) is 15.9. The van der Waals surface area contributed by atoms with E-state index < -0.39 is 23.5 Å². The molecule has 1 amide bonds. The number of benzene rings is 3. The number of halogens is 4. The van der Waals surface area contributed by atoms with E-state index in [1.807, 2.05) is 43.3 Å². The molecule has 4 aromatic rings. The summed E-state index contributed by atoms with van der Waals surface area (Å²) in [6, 6.07) is 13.8. The molecule has 0 bridgehead atoms. The van der Waals surface area contributed by atoms with Crippen LogP contribution in [0.4, 0.5) is 28.9 Å². The van der Waals surface area contributed by atoms with Crippen molar-refractivity contribution in [2.75, 3.05) is 24.8 Å². The third kappa shape index (κ3) is 7.52. The van der Waals surface area contributed by atoms with E-state index >= 15 is 0 Å². The second-order valence-electron chi connectivity index (χ2n) is 10.3. The summed E-state index contributed by atoms with van der Waals surface area (Å²) in [6.07, 6.45) is -0.388. The Bertz CT molecular complexity index is 1620. The number of carbonyl (C=O) groups excluding carboxylic acids is 2. The number of alkyl halides is 3. The molecule has 0 saturated heterocycles. The highest BCUT2D eigenvalue weighted by Gasteiger charge is 2.34. The van der Waals surface area contributed by atoms with E-state index in [2.05, 4.69) is 10.6 Å². The molecule has 0 aliphatic heterocycles. The van der Waals surface area contributed by atoms with E-state index in [4.69, 9.17) is 4.74 Å². The number of aryl methyl sites for hydroxylation is 1. The maximum absolute atomic E-state index is 13.4. The molecule has 228 valence electrons. The van der Waals surface area contributed by atoms with Gasteiger partial charge in [0.25, 0.3) is 5.91 Å². The van der Waals surface area contributed by atoms with Gasteiger partial charge in [0, 0.05) is 22.8 Å². The number of hydrogen-bond acceptors (Lipinski definition) is 6. The summed E-state index contributed by atoms with van der Waals surface area (Å²) in [5.41, 5.74) is 1.80. The third-order valence-corrected chi connectivity index (χ3v) is 8.48. The van der Waals surface area contributed by atoms with Gasteiger partial charge in [-0.1, -0.05) is 24.6 Å². The van der Waals surface area contributed by atoms with Crippen molar-refractivity contribution in [2.45, 2.75) is 50.8 Å². The van der Waals surface area contributed by atoms with Gasteiger partial charge in [-0.3, -0.25) is 9.59 Å². The van der Waals surface area contributed by atoms with Crippen LogP contribution in [0.25, 0.3) is 10.1 Å². The van der Waals surface area contributed by atoms with Gasteiger partial charge in [-0.2, -0.15) is 13.2 Å². The molecule has 3 N–H and O–H groups in total. The van der Waals surface area contributed by atoms with Crippen LogP contribution in [0.15, 0.2) is 54.6 Å². The van der Waals surface area contributed by atoms with E-state index in [9.17, 15) is 32.3 Å². The zero-order valence-electron chi connectivity index (χ0n) is 23.8. The van der Waals surface area contributed by atoms with Crippen LogP contribution in [0.2, 0.25) is 0 Å². The van der Waals surface area contributed by atoms with Crippen LogP contribution in [0.3, 0.4) is 0 Å². The lowest BCUT2D eigenvalue weighted by atomic mass is 9.82. The van der Waals surface area contributed by atoms with Gasteiger partial charge in [0.05, 0.1) is 30.0 Å². The molecule has 1 saturated carbocycles. The number of rotatable bonds is 6. The molecule has 43 heavy (non-hydrogen) atoms. The largest absolute Gasteiger partial charge is 0.496 e. The lowest BCUT2D eigenvalue weighted by Gasteiger charge is -2.26. The first kappa shape index (κ1) is 32.0. The Morgan fingerprint density at radius 2 is 1.86 bits per heavy atom. The van der Waals surface area contributed by atoms with Crippen molar-refractivity contribution >= 4 is 45.0 Å². The van der Waals surface area contributed by atoms with Crippen molar-refractivity contribution in [1.82, 2.24) is 0 Å². The highest BCUT2D eigenvalue weighted by atomic mass is 32.1. The molecule has 5 rings (SSSR count). The van der Waals surface area contributed by atoms with Crippen molar-refractivity contribution in [2.24, 2.45) is 0 Å². The summed E-state index contributed by atoms with van der Waals surface area (Å²) in [5.74, 6) is -0.972. The molecule has 2 unspecified atom stereocenters. The number of amides is 1. The quantitative estimate of drug-likeness (QED) is 0.150. The molecular formula is C32H32F4N2O4S. The summed E-state index contributed by atoms with van der Waals surface area (Å²) >= 11 is 1.23. The summed E-state index contributed by atoms with van der Waals surface area (Å²) in [7, 11) is 3.23. The van der Waals surface area contributed by atoms with Crippen LogP contribution in [0.5, 0.6) is 5.75 Å². The number of nitrogens with one attached hydrogen (secondary N) is 2. The Morgan fingerprint density at radius 1 is 1.09 bits per heavy atom. The third-order valence-electron chi connectivity index (χ3n) is 7.33. The average Bonchev–Trinajstić information content (AvgIpc) is 3.35. The fourth-order valence-corrected chi connectivity index (χ4v) is 6.39. The number of aldehydes is 1. The maximum Gasteiger partial charge on any atom is 0.419 e. The number of hydrogen-bond donors (Lipinski definition) is 3. The standard InChI is InChI=1S/C18H14F4N2OS.C14H18O3/c1-9-3-5-11-14(7-9)26-16(15(11)23-2)17(25)24-10-4-6-13(19)12(8-10)18(20,21)22;1-17-14-6-5-11(7-12(14)9-15)10-3-2-4-13(16)8-10/h3-8,23H,1-2H3,(H,24,25);5-7,9-10,13,16H,2-4,8H2,1H3. The molecule has 1 aromatic heterocycles. The molecule has 6 nitrogen and oxygen atoms in total. The van der Waals surface area contributed by atoms with Crippen LogP contribution < -0.4 is 15.4 Å². The number of carbonyl (C=O) groups is 2. The Balaban J connectivity index is 0.000000215. The van der Waals surface area contributed by atoms with Crippen molar-refractivity contribution < 1.29 is 37.0 Å². The van der Waals surface area contributed by atoms with E-state index in [1.165, 1.54) is 11.3 Å². The first-order valence-electron chi connectivity index (χ1n) is 13.6. The molecule has 3 aromatic carbocycles. The van der Waals surface area contributed by atoms with E-state index in [0.717, 1.165) is 59.2 Å². The van der Waals surface area contributed by atoms with Crippen molar-refractivity contribution in [1.29, 1.82) is 0 Å². The number of thiophene rings is 1. The fourth-order valence-electron chi connectivity index (χ4n) is 5.19. The fraction of sp³-hybridized carbons (Fsp3) is 0.312. The molecule has 0 spiro atoms. The Hall–Kier alpha value is -3.96. The number of fused-ring (bicyclic) bond motifs is 1. The molecule has 1 heterocycles. The summed E-state index contributed by atoms with van der Waals surface area (Å²) < 4.78 is 57.9. The van der Waals surface area contributed by atoms with Gasteiger partial charge in [0.2, 0.25) is 0 Å². The second-order valence-corrected chi connectivity index (χ2v) is 11.4. The van der Waals surface area contributed by atoms with Crippen molar-refractivity contribution in [3.05, 3.63) is 87.5 Å². The predicted molar refractivity (Wildman–Crippen MR) is 161 cm³/mol. The van der Waals surface area contributed by atoms with Crippen LogP contribution >= 0.6 is 11.3 Å². The zero-order valence-corrected chi connectivity index (χ0v) is 24.7. The second kappa shape index (κ2) is 13.6. The van der Waals surface area contributed by atoms with E-state index in [0.29, 0.717) is 39.9 Å². The number of anilines is 2. The van der Waals surface area contributed by atoms with E-state index in [-0.39, 0.29) is 11.8 Å². The molecule has 11 heteroatoms. The normalized spacial score (nSPS) is 16.7. The van der Waals surface area contributed by atoms with Gasteiger partial charge < -0.3 is 20.5 Å². The SMILES string of the molecule is CNc1c(C(=O)Nc2ccc(F)c(C(F)(F)F)c2)sc2cc(C)ccc12.COc1ccc(C2CCCC(O)C2)cc1C=O.